The first-order valence-corrected chi connectivity index (χ1v) is 13.7. The van der Waals surface area contributed by atoms with E-state index in [1.54, 1.807) is 41.2 Å². The highest BCUT2D eigenvalue weighted by Crippen LogP contribution is 2.48. The smallest absolute Gasteiger partial charge is 0.433 e. The van der Waals surface area contributed by atoms with Crippen LogP contribution in [-0.4, -0.2) is 47.5 Å². The van der Waals surface area contributed by atoms with Gasteiger partial charge in [0.15, 0.2) is 5.78 Å². The summed E-state index contributed by atoms with van der Waals surface area (Å²) in [7, 11) is 0. The third kappa shape index (κ3) is 4.69. The van der Waals surface area contributed by atoms with Gasteiger partial charge in [-0.15, -0.1) is 4.31 Å². The van der Waals surface area contributed by atoms with Crippen LogP contribution in [0.1, 0.15) is 33.9 Å². The van der Waals surface area contributed by atoms with Gasteiger partial charge in [-0.2, -0.15) is 23.3 Å². The molecule has 2 aliphatic rings. The van der Waals surface area contributed by atoms with Crippen LogP contribution in [0.2, 0.25) is 0 Å². The average Bonchev–Trinajstić information content (AvgIpc) is 3.37. The van der Waals surface area contributed by atoms with E-state index in [-0.39, 0.29) is 41.2 Å². The van der Waals surface area contributed by atoms with Gasteiger partial charge in [-0.05, 0) is 73.2 Å². The molecule has 7 nitrogen and oxygen atoms in total. The number of benzene rings is 1. The maximum absolute atomic E-state index is 14.1. The van der Waals surface area contributed by atoms with Crippen molar-refractivity contribution < 1.29 is 26.9 Å². The quantitative estimate of drug-likeness (QED) is 0.194. The molecule has 3 atom stereocenters. The first-order valence-electron chi connectivity index (χ1n) is 12.6. The number of piperidine rings is 1. The topological polar surface area (TPSA) is 87.0 Å². The van der Waals surface area contributed by atoms with Gasteiger partial charge in [0.25, 0.3) is 5.03 Å². The second kappa shape index (κ2) is 10.1. The van der Waals surface area contributed by atoms with Crippen LogP contribution in [0.15, 0.2) is 78.1 Å². The van der Waals surface area contributed by atoms with Gasteiger partial charge in [-0.3, -0.25) is 9.78 Å². The minimum atomic E-state index is -4.67. The normalized spacial score (nSPS) is 21.9. The lowest BCUT2D eigenvalue weighted by Crippen LogP contribution is -2.57. The number of carbonyl (C=O) groups excluding carboxylic acids is 1. The largest absolute Gasteiger partial charge is 0.592 e. The highest BCUT2D eigenvalue weighted by Gasteiger charge is 2.55. The second-order valence-corrected chi connectivity index (χ2v) is 11.5. The third-order valence-electron chi connectivity index (χ3n) is 7.72. The second-order valence-electron chi connectivity index (χ2n) is 10.0. The molecule has 12 heteroatoms. The number of alkyl halides is 3. The lowest BCUT2D eigenvalue weighted by molar-refractivity contribution is -0.141. The van der Waals surface area contributed by atoms with E-state index in [9.17, 15) is 26.9 Å². The third-order valence-corrected chi connectivity index (χ3v) is 9.08. The van der Waals surface area contributed by atoms with Gasteiger partial charge >= 0.3 is 6.18 Å². The van der Waals surface area contributed by atoms with E-state index in [0.29, 0.717) is 25.1 Å². The van der Waals surface area contributed by atoms with Gasteiger partial charge < -0.3 is 4.55 Å². The number of carbonyl (C=O) groups is 1. The Morgan fingerprint density at radius 3 is 2.60 bits per heavy atom. The fraction of sp³-hybridized carbons (Fsp3) is 0.286. The highest BCUT2D eigenvalue weighted by molar-refractivity contribution is 7.89. The Morgan fingerprint density at radius 1 is 1.07 bits per heavy atom. The van der Waals surface area contributed by atoms with E-state index in [1.807, 2.05) is 0 Å². The zero-order valence-corrected chi connectivity index (χ0v) is 21.8. The summed E-state index contributed by atoms with van der Waals surface area (Å²) in [4.78, 5) is 22.1. The number of ketones is 1. The number of pyridine rings is 2. The van der Waals surface area contributed by atoms with Crippen LogP contribution in [-0.2, 0) is 30.4 Å². The maximum Gasteiger partial charge on any atom is 0.433 e. The molecule has 0 amide bonds. The molecule has 0 spiro atoms. The monoisotopic (exact) mass is 569 g/mol. The first-order chi connectivity index (χ1) is 19.2. The molecule has 4 heterocycles. The Kier molecular flexibility index (Phi) is 6.71. The molecule has 4 aromatic rings. The van der Waals surface area contributed by atoms with Gasteiger partial charge in [0.2, 0.25) is 0 Å². The number of hydrogen-bond acceptors (Lipinski definition) is 6. The predicted octanol–water partition coefficient (Wildman–Crippen LogP) is 4.83. The molecule has 3 unspecified atom stereocenters. The molecule has 40 heavy (non-hydrogen) atoms. The van der Waals surface area contributed by atoms with Crippen molar-refractivity contribution in [3.8, 4) is 5.69 Å². The van der Waals surface area contributed by atoms with E-state index < -0.39 is 28.6 Å². The van der Waals surface area contributed by atoms with E-state index >= 15 is 0 Å². The summed E-state index contributed by atoms with van der Waals surface area (Å²) in [5.41, 5.74) is 0.549. The van der Waals surface area contributed by atoms with Crippen LogP contribution in [0.4, 0.5) is 17.6 Å². The van der Waals surface area contributed by atoms with Crippen LogP contribution in [0.5, 0.6) is 0 Å². The van der Waals surface area contributed by atoms with Crippen molar-refractivity contribution in [2.24, 2.45) is 11.3 Å². The molecule has 1 aromatic carbocycles. The van der Waals surface area contributed by atoms with E-state index in [1.165, 1.54) is 34.8 Å². The lowest BCUT2D eigenvalue weighted by Gasteiger charge is -2.48. The maximum atomic E-state index is 14.1. The van der Waals surface area contributed by atoms with Crippen molar-refractivity contribution in [1.82, 2.24) is 24.1 Å². The standard InChI is InChI=1S/C28H23F4N5O2S/c29-20-7-9-21(10-8-20)37-23-14-19-11-13-36(40(39)25-6-3-5-24(35-25)28(30,31)32)17-27(19,15-18(23)16-34-37)26(38)22-4-1-2-12-33-22/h1-10,12,16,19H,11,13-15,17H2. The molecule has 0 radical (unpaired) electrons. The number of halogens is 4. The minimum absolute atomic E-state index is 0.0543. The Hall–Kier alpha value is -3.61. The summed E-state index contributed by atoms with van der Waals surface area (Å²) in [5.74, 6) is -0.745. The number of aromatic nitrogens is 4. The summed E-state index contributed by atoms with van der Waals surface area (Å²) < 4.78 is 70.2. The molecule has 1 saturated heterocycles. The van der Waals surface area contributed by atoms with E-state index in [4.69, 9.17) is 0 Å². The Balaban J connectivity index is 1.37. The molecular weight excluding hydrogens is 546 g/mol. The zero-order valence-electron chi connectivity index (χ0n) is 21.0. The molecule has 3 aromatic heterocycles. The average molecular weight is 570 g/mol. The Morgan fingerprint density at radius 2 is 1.88 bits per heavy atom. The van der Waals surface area contributed by atoms with Crippen molar-refractivity contribution in [3.63, 3.8) is 0 Å². The van der Waals surface area contributed by atoms with Gasteiger partial charge in [0, 0.05) is 24.5 Å². The van der Waals surface area contributed by atoms with E-state index in [2.05, 4.69) is 15.1 Å². The van der Waals surface area contributed by atoms with Crippen LogP contribution in [0.25, 0.3) is 5.69 Å². The van der Waals surface area contributed by atoms with Crippen LogP contribution in [0.3, 0.4) is 0 Å². The Labute approximate surface area is 230 Å². The number of Topliss-reactive ketones (excluding diaryl/α,β-unsaturated/α-hetero) is 1. The summed E-state index contributed by atoms with van der Waals surface area (Å²) in [6.07, 6.45) is -0.205. The van der Waals surface area contributed by atoms with Gasteiger partial charge in [0.05, 0.1) is 23.8 Å². The predicted molar refractivity (Wildman–Crippen MR) is 137 cm³/mol. The van der Waals surface area contributed by atoms with Crippen molar-refractivity contribution in [1.29, 1.82) is 0 Å². The van der Waals surface area contributed by atoms with Gasteiger partial charge in [-0.25, -0.2) is 9.07 Å². The summed E-state index contributed by atoms with van der Waals surface area (Å²) in [6.45, 7) is 0.352. The summed E-state index contributed by atoms with van der Waals surface area (Å²) >= 11 is -2.02. The first kappa shape index (κ1) is 26.6. The molecule has 1 fully saturated rings. The van der Waals surface area contributed by atoms with E-state index in [0.717, 1.165) is 17.3 Å². The zero-order chi connectivity index (χ0) is 28.1. The van der Waals surface area contributed by atoms with Crippen molar-refractivity contribution in [3.05, 3.63) is 102 Å². The van der Waals surface area contributed by atoms with Crippen molar-refractivity contribution >= 4 is 17.1 Å². The van der Waals surface area contributed by atoms with Crippen LogP contribution < -0.4 is 0 Å². The number of hydrogen-bond donors (Lipinski definition) is 0. The molecule has 1 aliphatic carbocycles. The minimum Gasteiger partial charge on any atom is -0.592 e. The molecule has 0 bridgehead atoms. The number of fused-ring (bicyclic) bond motifs is 2. The molecule has 0 saturated carbocycles. The summed E-state index contributed by atoms with van der Waals surface area (Å²) in [5, 5.41) is 4.32. The summed E-state index contributed by atoms with van der Waals surface area (Å²) in [6, 6.07) is 14.4. The molecule has 1 aliphatic heterocycles. The van der Waals surface area contributed by atoms with Crippen LogP contribution >= 0.6 is 0 Å². The molecular formula is C28H23F4N5O2S. The SMILES string of the molecule is O=C(c1ccccn1)C12Cc3cnn(-c4ccc(F)cc4)c3CC1CCN([S+]([O-])c1cccc(C(F)(F)F)n1)C2. The number of rotatable bonds is 5. The van der Waals surface area contributed by atoms with Gasteiger partial charge in [0.1, 0.15) is 28.6 Å². The fourth-order valence-corrected chi connectivity index (χ4v) is 7.04. The van der Waals surface area contributed by atoms with Gasteiger partial charge in [-0.1, -0.05) is 12.1 Å². The fourth-order valence-electron chi connectivity index (χ4n) is 5.78. The van der Waals surface area contributed by atoms with Crippen molar-refractivity contribution in [2.75, 3.05) is 13.1 Å². The molecule has 0 N–H and O–H groups in total. The number of nitrogens with zero attached hydrogens (tertiary/aromatic N) is 5. The van der Waals surface area contributed by atoms with Crippen molar-refractivity contribution in [2.45, 2.75) is 30.5 Å². The molecule has 6 rings (SSSR count). The Bertz CT molecular complexity index is 1550. The van der Waals surface area contributed by atoms with Crippen LogP contribution in [0, 0.1) is 17.2 Å². The highest BCUT2D eigenvalue weighted by atomic mass is 32.2. The lowest BCUT2D eigenvalue weighted by atomic mass is 9.60. The molecule has 206 valence electrons.